The molecule has 0 spiro atoms. The van der Waals surface area contributed by atoms with Gasteiger partial charge in [-0.05, 0) is 45.4 Å². The quantitative estimate of drug-likeness (QED) is 0.471. The molecule has 0 unspecified atom stereocenters. The minimum Gasteiger partial charge on any atom is -0.383 e. The molecule has 0 bridgehead atoms. The summed E-state index contributed by atoms with van der Waals surface area (Å²) in [4.78, 5) is 55.5. The molecule has 2 aromatic rings. The summed E-state index contributed by atoms with van der Waals surface area (Å²) in [6.07, 6.45) is 1.58. The van der Waals surface area contributed by atoms with Crippen molar-refractivity contribution < 1.29 is 9.59 Å². The number of hydrogen-bond donors (Lipinski definition) is 3. The fraction of sp³-hybridized carbons (Fsp3) is 0.478. The van der Waals surface area contributed by atoms with Gasteiger partial charge in [-0.1, -0.05) is 19.4 Å². The number of nitrogens with one attached hydrogen (secondary N) is 2. The first-order chi connectivity index (χ1) is 15.8. The molecule has 180 valence electrons. The number of H-pyrrole nitrogens is 1. The van der Waals surface area contributed by atoms with Crippen molar-refractivity contribution in [2.45, 2.75) is 47.1 Å². The van der Waals surface area contributed by atoms with E-state index in [1.54, 1.807) is 36.1 Å². The fourth-order valence-electron chi connectivity index (χ4n) is 3.57. The highest BCUT2D eigenvalue weighted by Gasteiger charge is 2.20. The van der Waals surface area contributed by atoms with E-state index >= 15 is 0 Å². The molecule has 0 saturated carbocycles. The molecule has 1 aromatic carbocycles. The topological polar surface area (TPSA) is 134 Å². The van der Waals surface area contributed by atoms with Crippen molar-refractivity contribution in [2.24, 2.45) is 0 Å². The van der Waals surface area contributed by atoms with E-state index in [2.05, 4.69) is 10.3 Å². The Kier molecular flexibility index (Phi) is 9.26. The average molecular weight is 459 g/mol. The lowest BCUT2D eigenvalue weighted by Gasteiger charge is -2.24. The highest BCUT2D eigenvalue weighted by Crippen LogP contribution is 2.18. The van der Waals surface area contributed by atoms with E-state index < -0.39 is 11.2 Å². The van der Waals surface area contributed by atoms with Crippen molar-refractivity contribution in [2.75, 3.05) is 42.1 Å². The first kappa shape index (κ1) is 25.7. The van der Waals surface area contributed by atoms with Gasteiger partial charge in [0.25, 0.3) is 11.5 Å². The van der Waals surface area contributed by atoms with Crippen LogP contribution in [0.3, 0.4) is 0 Å². The van der Waals surface area contributed by atoms with Crippen LogP contribution in [-0.2, 0) is 11.3 Å². The van der Waals surface area contributed by atoms with Crippen LogP contribution in [0.2, 0.25) is 0 Å². The van der Waals surface area contributed by atoms with Gasteiger partial charge < -0.3 is 20.9 Å². The third-order valence-electron chi connectivity index (χ3n) is 5.43. The van der Waals surface area contributed by atoms with E-state index in [1.807, 2.05) is 20.8 Å². The lowest BCUT2D eigenvalue weighted by molar-refractivity contribution is -0.115. The normalized spacial score (nSPS) is 10.7. The van der Waals surface area contributed by atoms with Crippen LogP contribution >= 0.6 is 0 Å². The number of anilines is 3. The van der Waals surface area contributed by atoms with E-state index in [4.69, 9.17) is 5.73 Å². The van der Waals surface area contributed by atoms with Crippen molar-refractivity contribution in [1.29, 1.82) is 0 Å². The fourth-order valence-corrected chi connectivity index (χ4v) is 3.57. The second-order valence-electron chi connectivity index (χ2n) is 7.62. The Morgan fingerprint density at radius 1 is 1.09 bits per heavy atom. The molecular formula is C23H34N6O4. The van der Waals surface area contributed by atoms with E-state index in [0.717, 1.165) is 12.8 Å². The molecule has 0 atom stereocenters. The zero-order valence-corrected chi connectivity index (χ0v) is 19.8. The van der Waals surface area contributed by atoms with Gasteiger partial charge >= 0.3 is 5.69 Å². The summed E-state index contributed by atoms with van der Waals surface area (Å²) in [6.45, 7) is 9.33. The Morgan fingerprint density at radius 3 is 2.39 bits per heavy atom. The van der Waals surface area contributed by atoms with Crippen LogP contribution in [0.5, 0.6) is 0 Å². The maximum Gasteiger partial charge on any atom is 0.330 e. The van der Waals surface area contributed by atoms with Crippen molar-refractivity contribution in [3.05, 3.63) is 50.7 Å². The van der Waals surface area contributed by atoms with E-state index in [9.17, 15) is 19.2 Å². The number of aromatic nitrogens is 2. The van der Waals surface area contributed by atoms with Gasteiger partial charge in [-0.25, -0.2) is 4.79 Å². The molecule has 1 aromatic heterocycles. The second kappa shape index (κ2) is 11.9. The van der Waals surface area contributed by atoms with Gasteiger partial charge in [0, 0.05) is 37.4 Å². The third kappa shape index (κ3) is 6.24. The molecule has 4 N–H and O–H groups in total. The third-order valence-corrected chi connectivity index (χ3v) is 5.43. The molecule has 0 aliphatic rings. The number of unbranched alkanes of at least 4 members (excludes halogenated alkanes) is 1. The summed E-state index contributed by atoms with van der Waals surface area (Å²) >= 11 is 0. The Bertz CT molecular complexity index is 1090. The van der Waals surface area contributed by atoms with Gasteiger partial charge in [0.1, 0.15) is 11.5 Å². The molecule has 1 heterocycles. The molecule has 33 heavy (non-hydrogen) atoms. The molecule has 2 rings (SSSR count). The summed E-state index contributed by atoms with van der Waals surface area (Å²) in [5, 5.41) is 2.77. The molecule has 10 nitrogen and oxygen atoms in total. The molecule has 0 saturated heterocycles. The molecular weight excluding hydrogens is 424 g/mol. The summed E-state index contributed by atoms with van der Waals surface area (Å²) in [7, 11) is 0. The maximum atomic E-state index is 12.8. The molecule has 0 aliphatic carbocycles. The van der Waals surface area contributed by atoms with Gasteiger partial charge in [0.2, 0.25) is 5.91 Å². The number of likely N-dealkylation sites (N-methyl/N-ethyl adjacent to an activating group) is 1. The van der Waals surface area contributed by atoms with Crippen molar-refractivity contribution in [3.63, 3.8) is 0 Å². The summed E-state index contributed by atoms with van der Waals surface area (Å²) in [6, 6.07) is 6.73. The Hall–Kier alpha value is -3.56. The zero-order chi connectivity index (χ0) is 24.5. The van der Waals surface area contributed by atoms with Crippen LogP contribution < -0.4 is 27.2 Å². The predicted octanol–water partition coefficient (Wildman–Crippen LogP) is 1.87. The highest BCUT2D eigenvalue weighted by atomic mass is 16.2. The maximum absolute atomic E-state index is 12.8. The lowest BCUT2D eigenvalue weighted by Crippen LogP contribution is -2.41. The van der Waals surface area contributed by atoms with Crippen molar-refractivity contribution in [3.8, 4) is 0 Å². The molecule has 0 fully saturated rings. The van der Waals surface area contributed by atoms with Gasteiger partial charge in [-0.3, -0.25) is 23.9 Å². The standard InChI is InChI=1S/C23H34N6O4/c1-5-9-13-29-20(24)19(21(31)26-23(29)33)28(8-4)15-18(30)25-17-12-10-11-16(14-17)22(32)27(6-2)7-3/h10-12,14H,5-9,13,15,24H2,1-4H3,(H,25,30)(H,26,31,33). The monoisotopic (exact) mass is 458 g/mol. The summed E-state index contributed by atoms with van der Waals surface area (Å²) in [5.74, 6) is -0.451. The van der Waals surface area contributed by atoms with Gasteiger partial charge in [-0.15, -0.1) is 0 Å². The van der Waals surface area contributed by atoms with Gasteiger partial charge in [0.15, 0.2) is 0 Å². The largest absolute Gasteiger partial charge is 0.383 e. The molecule has 0 aliphatic heterocycles. The average Bonchev–Trinajstić information content (AvgIpc) is 2.78. The van der Waals surface area contributed by atoms with Crippen LogP contribution in [-0.4, -0.2) is 52.4 Å². The SMILES string of the molecule is CCCCn1c(N)c(N(CC)CC(=O)Nc2cccc(C(=O)N(CC)CC)c2)c(=O)[nH]c1=O. The Balaban J connectivity index is 2.23. The zero-order valence-electron chi connectivity index (χ0n) is 19.8. The number of benzene rings is 1. The molecule has 2 amide bonds. The van der Waals surface area contributed by atoms with Crippen molar-refractivity contribution in [1.82, 2.24) is 14.5 Å². The van der Waals surface area contributed by atoms with Gasteiger partial charge in [0.05, 0.1) is 6.54 Å². The number of carbonyl (C=O) groups excluding carboxylic acids is 2. The number of aromatic amines is 1. The number of rotatable bonds is 11. The smallest absolute Gasteiger partial charge is 0.330 e. The lowest BCUT2D eigenvalue weighted by atomic mass is 10.1. The van der Waals surface area contributed by atoms with Gasteiger partial charge in [-0.2, -0.15) is 0 Å². The number of nitrogens with zero attached hydrogens (tertiary/aromatic N) is 3. The van der Waals surface area contributed by atoms with E-state index in [-0.39, 0.29) is 29.9 Å². The van der Waals surface area contributed by atoms with E-state index in [0.29, 0.717) is 37.4 Å². The molecule has 10 heteroatoms. The number of hydrogen-bond acceptors (Lipinski definition) is 6. The van der Waals surface area contributed by atoms with Crippen LogP contribution in [0.1, 0.15) is 50.9 Å². The van der Waals surface area contributed by atoms with Crippen LogP contribution in [0.4, 0.5) is 17.2 Å². The number of nitrogens with two attached hydrogens (primary N) is 1. The van der Waals surface area contributed by atoms with E-state index in [1.165, 1.54) is 9.47 Å². The number of amides is 2. The first-order valence-electron chi connectivity index (χ1n) is 11.3. The Morgan fingerprint density at radius 2 is 1.79 bits per heavy atom. The first-order valence-corrected chi connectivity index (χ1v) is 11.3. The number of nitrogen functional groups attached to an aromatic ring is 1. The van der Waals surface area contributed by atoms with Crippen LogP contribution in [0.15, 0.2) is 33.9 Å². The predicted molar refractivity (Wildman–Crippen MR) is 131 cm³/mol. The minimum atomic E-state index is -0.633. The van der Waals surface area contributed by atoms with Crippen LogP contribution in [0, 0.1) is 0 Å². The minimum absolute atomic E-state index is 0.0404. The highest BCUT2D eigenvalue weighted by molar-refractivity contribution is 5.98. The van der Waals surface area contributed by atoms with Crippen LogP contribution in [0.25, 0.3) is 0 Å². The summed E-state index contributed by atoms with van der Waals surface area (Å²) < 4.78 is 1.32. The second-order valence-corrected chi connectivity index (χ2v) is 7.62. The Labute approximate surface area is 193 Å². The summed E-state index contributed by atoms with van der Waals surface area (Å²) in [5.41, 5.74) is 6.01. The molecule has 0 radical (unpaired) electrons. The number of carbonyl (C=O) groups is 2. The van der Waals surface area contributed by atoms with Crippen molar-refractivity contribution >= 4 is 29.0 Å².